The van der Waals surface area contributed by atoms with Gasteiger partial charge in [-0.25, -0.2) is 4.98 Å². The number of nitrogens with zero attached hydrogens (tertiary/aromatic N) is 4. The zero-order valence-corrected chi connectivity index (χ0v) is 16.7. The van der Waals surface area contributed by atoms with Crippen molar-refractivity contribution in [3.63, 3.8) is 0 Å². The molecule has 0 radical (unpaired) electrons. The second-order valence-corrected chi connectivity index (χ2v) is 7.50. The Labute approximate surface area is 169 Å². The van der Waals surface area contributed by atoms with Crippen LogP contribution in [-0.4, -0.2) is 64.2 Å². The van der Waals surface area contributed by atoms with E-state index in [0.717, 1.165) is 37.4 Å². The highest BCUT2D eigenvalue weighted by Gasteiger charge is 2.21. The predicted octanol–water partition coefficient (Wildman–Crippen LogP) is 2.21. The van der Waals surface area contributed by atoms with E-state index in [1.807, 2.05) is 64.9 Å². The lowest BCUT2D eigenvalue weighted by atomic mass is 10.0. The molecule has 29 heavy (non-hydrogen) atoms. The molecular formula is C22H25N5O2. The topological polar surface area (TPSA) is 70.0 Å². The van der Waals surface area contributed by atoms with Crippen LogP contribution in [0.5, 0.6) is 0 Å². The summed E-state index contributed by atoms with van der Waals surface area (Å²) >= 11 is 0. The Morgan fingerprint density at radius 3 is 2.45 bits per heavy atom. The SMILES string of the molecule is C[C@@H](NC(=O)c1cn2ccccc2n1)c1ccc(C(=O)N2CCN(C)CC2)cc1. The van der Waals surface area contributed by atoms with Gasteiger partial charge in [-0.3, -0.25) is 9.59 Å². The van der Waals surface area contributed by atoms with Crippen molar-refractivity contribution in [1.82, 2.24) is 24.5 Å². The summed E-state index contributed by atoms with van der Waals surface area (Å²) in [5.41, 5.74) is 2.73. The quantitative estimate of drug-likeness (QED) is 0.740. The van der Waals surface area contributed by atoms with E-state index in [1.54, 1.807) is 6.20 Å². The average Bonchev–Trinajstić information content (AvgIpc) is 3.18. The summed E-state index contributed by atoms with van der Waals surface area (Å²) in [6.07, 6.45) is 3.58. The van der Waals surface area contributed by atoms with Crippen LogP contribution < -0.4 is 5.32 Å². The zero-order valence-electron chi connectivity index (χ0n) is 16.7. The normalized spacial score (nSPS) is 16.0. The van der Waals surface area contributed by atoms with Crippen LogP contribution in [0.25, 0.3) is 5.65 Å². The average molecular weight is 391 g/mol. The summed E-state index contributed by atoms with van der Waals surface area (Å²) in [7, 11) is 2.07. The summed E-state index contributed by atoms with van der Waals surface area (Å²) < 4.78 is 1.82. The van der Waals surface area contributed by atoms with E-state index in [1.165, 1.54) is 0 Å². The molecule has 1 N–H and O–H groups in total. The molecule has 1 saturated heterocycles. The Morgan fingerprint density at radius 1 is 1.03 bits per heavy atom. The maximum atomic E-state index is 12.7. The van der Waals surface area contributed by atoms with Crippen molar-refractivity contribution in [2.45, 2.75) is 13.0 Å². The van der Waals surface area contributed by atoms with Crippen LogP contribution in [0.2, 0.25) is 0 Å². The van der Waals surface area contributed by atoms with Crippen molar-refractivity contribution in [2.24, 2.45) is 0 Å². The number of pyridine rings is 1. The Kier molecular flexibility index (Phi) is 5.31. The second kappa shape index (κ2) is 8.05. The van der Waals surface area contributed by atoms with Gasteiger partial charge in [-0.2, -0.15) is 0 Å². The Bertz CT molecular complexity index is 986. The molecule has 1 atom stereocenters. The monoisotopic (exact) mass is 391 g/mol. The van der Waals surface area contributed by atoms with Crippen LogP contribution in [0.15, 0.2) is 54.9 Å². The molecule has 150 valence electrons. The van der Waals surface area contributed by atoms with Crippen molar-refractivity contribution in [3.05, 3.63) is 71.7 Å². The third-order valence-corrected chi connectivity index (χ3v) is 5.39. The largest absolute Gasteiger partial charge is 0.344 e. The van der Waals surface area contributed by atoms with Gasteiger partial charge in [0.25, 0.3) is 11.8 Å². The fraction of sp³-hybridized carbons (Fsp3) is 0.318. The van der Waals surface area contributed by atoms with Gasteiger partial charge in [0.15, 0.2) is 0 Å². The number of amides is 2. The Hall–Kier alpha value is -3.19. The Morgan fingerprint density at radius 2 is 1.76 bits per heavy atom. The van der Waals surface area contributed by atoms with Crippen LogP contribution in [0, 0.1) is 0 Å². The smallest absolute Gasteiger partial charge is 0.271 e. The van der Waals surface area contributed by atoms with E-state index in [9.17, 15) is 9.59 Å². The number of benzene rings is 1. The molecule has 3 aromatic rings. The molecule has 1 fully saturated rings. The molecule has 0 unspecified atom stereocenters. The minimum absolute atomic E-state index is 0.0611. The molecule has 3 heterocycles. The van der Waals surface area contributed by atoms with Crippen molar-refractivity contribution in [2.75, 3.05) is 33.2 Å². The molecule has 2 aromatic heterocycles. The lowest BCUT2D eigenvalue weighted by Gasteiger charge is -2.32. The van der Waals surface area contributed by atoms with Crippen LogP contribution in [-0.2, 0) is 0 Å². The van der Waals surface area contributed by atoms with E-state index >= 15 is 0 Å². The zero-order chi connectivity index (χ0) is 20.4. The molecule has 0 aliphatic carbocycles. The standard InChI is InChI=1S/C22H25N5O2/c1-16(23-21(28)19-15-27-10-4-3-5-20(27)24-19)17-6-8-18(9-7-17)22(29)26-13-11-25(2)12-14-26/h3-10,15-16H,11-14H2,1-2H3,(H,23,28)/t16-/m1/s1. The third kappa shape index (κ3) is 4.14. The van der Waals surface area contributed by atoms with Gasteiger partial charge in [-0.05, 0) is 43.8 Å². The van der Waals surface area contributed by atoms with Crippen molar-refractivity contribution < 1.29 is 9.59 Å². The maximum absolute atomic E-state index is 12.7. The highest BCUT2D eigenvalue weighted by Crippen LogP contribution is 2.16. The van der Waals surface area contributed by atoms with Crippen molar-refractivity contribution >= 4 is 17.5 Å². The van der Waals surface area contributed by atoms with E-state index in [2.05, 4.69) is 22.2 Å². The third-order valence-electron chi connectivity index (χ3n) is 5.39. The van der Waals surface area contributed by atoms with Gasteiger partial charge in [0.2, 0.25) is 0 Å². The molecular weight excluding hydrogens is 366 g/mol. The van der Waals surface area contributed by atoms with Gasteiger partial charge in [0, 0.05) is 44.1 Å². The first kappa shape index (κ1) is 19.1. The van der Waals surface area contributed by atoms with E-state index in [4.69, 9.17) is 0 Å². The van der Waals surface area contributed by atoms with Gasteiger partial charge in [0.05, 0.1) is 6.04 Å². The molecule has 7 heteroatoms. The van der Waals surface area contributed by atoms with E-state index in [0.29, 0.717) is 11.3 Å². The molecule has 2 amide bonds. The molecule has 1 aliphatic heterocycles. The minimum atomic E-state index is -0.223. The summed E-state index contributed by atoms with van der Waals surface area (Å²) in [4.78, 5) is 33.7. The number of nitrogens with one attached hydrogen (secondary N) is 1. The molecule has 1 aliphatic rings. The van der Waals surface area contributed by atoms with E-state index in [-0.39, 0.29) is 17.9 Å². The molecule has 7 nitrogen and oxygen atoms in total. The number of imidazole rings is 1. The van der Waals surface area contributed by atoms with Gasteiger partial charge in [-0.15, -0.1) is 0 Å². The van der Waals surface area contributed by atoms with Crippen LogP contribution in [0.1, 0.15) is 39.4 Å². The molecule has 0 spiro atoms. The van der Waals surface area contributed by atoms with Crippen LogP contribution in [0.3, 0.4) is 0 Å². The lowest BCUT2D eigenvalue weighted by Crippen LogP contribution is -2.47. The number of hydrogen-bond donors (Lipinski definition) is 1. The second-order valence-electron chi connectivity index (χ2n) is 7.50. The number of piperazine rings is 1. The van der Waals surface area contributed by atoms with Crippen molar-refractivity contribution in [1.29, 1.82) is 0 Å². The number of carbonyl (C=O) groups is 2. The summed E-state index contributed by atoms with van der Waals surface area (Å²) in [6, 6.07) is 12.9. The van der Waals surface area contributed by atoms with Crippen LogP contribution in [0.4, 0.5) is 0 Å². The Balaban J connectivity index is 1.40. The molecule has 1 aromatic carbocycles. The van der Waals surface area contributed by atoms with E-state index < -0.39 is 0 Å². The number of fused-ring (bicyclic) bond motifs is 1. The predicted molar refractivity (Wildman–Crippen MR) is 111 cm³/mol. The first-order valence-corrected chi connectivity index (χ1v) is 9.83. The minimum Gasteiger partial charge on any atom is -0.344 e. The molecule has 4 rings (SSSR count). The van der Waals surface area contributed by atoms with Gasteiger partial charge in [0.1, 0.15) is 11.3 Å². The molecule has 0 bridgehead atoms. The first-order chi connectivity index (χ1) is 14.0. The number of carbonyl (C=O) groups excluding carboxylic acids is 2. The highest BCUT2D eigenvalue weighted by molar-refractivity contribution is 5.94. The number of rotatable bonds is 4. The number of likely N-dealkylation sites (N-methyl/N-ethyl adjacent to an activating group) is 1. The molecule has 0 saturated carbocycles. The fourth-order valence-electron chi connectivity index (χ4n) is 3.50. The van der Waals surface area contributed by atoms with Crippen LogP contribution >= 0.6 is 0 Å². The van der Waals surface area contributed by atoms with Gasteiger partial charge >= 0.3 is 0 Å². The highest BCUT2D eigenvalue weighted by atomic mass is 16.2. The lowest BCUT2D eigenvalue weighted by molar-refractivity contribution is 0.0664. The summed E-state index contributed by atoms with van der Waals surface area (Å²) in [6.45, 7) is 5.22. The first-order valence-electron chi connectivity index (χ1n) is 9.83. The number of hydrogen-bond acceptors (Lipinski definition) is 4. The maximum Gasteiger partial charge on any atom is 0.271 e. The fourth-order valence-corrected chi connectivity index (χ4v) is 3.50. The van der Waals surface area contributed by atoms with Crippen molar-refractivity contribution in [3.8, 4) is 0 Å². The van der Waals surface area contributed by atoms with Gasteiger partial charge < -0.3 is 19.5 Å². The summed E-state index contributed by atoms with van der Waals surface area (Å²) in [5, 5.41) is 2.97. The van der Waals surface area contributed by atoms with Gasteiger partial charge in [-0.1, -0.05) is 18.2 Å². The summed E-state index contributed by atoms with van der Waals surface area (Å²) in [5.74, 6) is -0.162. The number of aromatic nitrogens is 2.